The van der Waals surface area contributed by atoms with Gasteiger partial charge in [-0.25, -0.2) is 0 Å². The molecule has 0 atom stereocenters. The maximum atomic E-state index is 12.6. The minimum Gasteiger partial charge on any atom is -0.508 e. The Bertz CT molecular complexity index is 1150. The maximum Gasteiger partial charge on any atom is 0.261 e. The molecule has 0 aliphatic heterocycles. The molecule has 0 aliphatic rings. The van der Waals surface area contributed by atoms with Gasteiger partial charge in [-0.15, -0.1) is 0 Å². The van der Waals surface area contributed by atoms with Crippen LogP contribution in [0.3, 0.4) is 0 Å². The fourth-order valence-electron chi connectivity index (χ4n) is 2.91. The van der Waals surface area contributed by atoms with Crippen LogP contribution < -0.4 is 10.7 Å². The Balaban J connectivity index is 2.02. The molecule has 0 spiro atoms. The summed E-state index contributed by atoms with van der Waals surface area (Å²) >= 11 is 0. The lowest BCUT2D eigenvalue weighted by Crippen LogP contribution is -2.22. The quantitative estimate of drug-likeness (QED) is 0.647. The van der Waals surface area contributed by atoms with Gasteiger partial charge in [-0.2, -0.15) is 5.26 Å². The van der Waals surface area contributed by atoms with Crippen LogP contribution in [-0.2, 0) is 5.41 Å². The van der Waals surface area contributed by atoms with Gasteiger partial charge in [0.25, 0.3) is 5.91 Å². The number of para-hydroxylation sites is 1. The van der Waals surface area contributed by atoms with E-state index in [4.69, 9.17) is 0 Å². The molecule has 0 unspecified atom stereocenters. The topological polar surface area (TPSA) is 106 Å². The van der Waals surface area contributed by atoms with E-state index < -0.39 is 11.3 Å². The number of aromatic amines is 1. The summed E-state index contributed by atoms with van der Waals surface area (Å²) < 4.78 is 0. The number of pyridine rings is 1. The van der Waals surface area contributed by atoms with Gasteiger partial charge in [0, 0.05) is 28.7 Å². The molecule has 1 amide bonds. The lowest BCUT2D eigenvalue weighted by molar-refractivity contribution is 0.102. The molecule has 3 aromatic rings. The van der Waals surface area contributed by atoms with Gasteiger partial charge in [0.1, 0.15) is 17.4 Å². The van der Waals surface area contributed by atoms with E-state index in [1.54, 1.807) is 30.3 Å². The van der Waals surface area contributed by atoms with E-state index in [-0.39, 0.29) is 28.0 Å². The molecule has 27 heavy (non-hydrogen) atoms. The van der Waals surface area contributed by atoms with E-state index in [9.17, 15) is 20.0 Å². The van der Waals surface area contributed by atoms with Crippen LogP contribution in [0.25, 0.3) is 10.9 Å². The molecule has 1 heterocycles. The van der Waals surface area contributed by atoms with Crippen molar-refractivity contribution in [3.05, 3.63) is 69.5 Å². The third-order valence-electron chi connectivity index (χ3n) is 4.35. The number of benzene rings is 2. The molecule has 6 heteroatoms. The third-order valence-corrected chi connectivity index (χ3v) is 4.35. The standard InChI is InChI=1S/C21H19N3O3/c1-21(2,3)15-8-12(10-22)17(9-18(15)25)24-20(27)14-11-23-16-7-5-4-6-13(16)19(14)26/h4-9,11,25H,1-3H3,(H,23,26)(H,24,27). The van der Waals surface area contributed by atoms with Crippen molar-refractivity contribution in [3.8, 4) is 11.8 Å². The van der Waals surface area contributed by atoms with Crippen molar-refractivity contribution < 1.29 is 9.90 Å². The molecule has 2 aromatic carbocycles. The van der Waals surface area contributed by atoms with Gasteiger partial charge in [0.2, 0.25) is 5.43 Å². The van der Waals surface area contributed by atoms with Gasteiger partial charge in [-0.3, -0.25) is 9.59 Å². The summed E-state index contributed by atoms with van der Waals surface area (Å²) in [5, 5.41) is 22.7. The highest BCUT2D eigenvalue weighted by Gasteiger charge is 2.22. The average Bonchev–Trinajstić information content (AvgIpc) is 2.61. The zero-order valence-corrected chi connectivity index (χ0v) is 15.3. The summed E-state index contributed by atoms with van der Waals surface area (Å²) in [6.45, 7) is 5.74. The third kappa shape index (κ3) is 3.40. The number of nitrogens with one attached hydrogen (secondary N) is 2. The Hall–Kier alpha value is -3.59. The van der Waals surface area contributed by atoms with Crippen molar-refractivity contribution in [1.82, 2.24) is 4.98 Å². The number of hydrogen-bond donors (Lipinski definition) is 3. The minimum atomic E-state index is -0.651. The summed E-state index contributed by atoms with van der Waals surface area (Å²) in [5.41, 5.74) is 0.745. The molecule has 0 aliphatic carbocycles. The molecule has 136 valence electrons. The highest BCUT2D eigenvalue weighted by molar-refractivity contribution is 6.06. The summed E-state index contributed by atoms with van der Waals surface area (Å²) in [6.07, 6.45) is 1.34. The largest absolute Gasteiger partial charge is 0.508 e. The second kappa shape index (κ2) is 6.61. The number of nitriles is 1. The Kier molecular flexibility index (Phi) is 4.46. The number of nitrogens with zero attached hydrogens (tertiary/aromatic N) is 1. The summed E-state index contributed by atoms with van der Waals surface area (Å²) in [4.78, 5) is 28.1. The van der Waals surface area contributed by atoms with Crippen molar-refractivity contribution in [2.75, 3.05) is 5.32 Å². The van der Waals surface area contributed by atoms with Crippen molar-refractivity contribution in [3.63, 3.8) is 0 Å². The molecule has 0 saturated carbocycles. The second-order valence-electron chi connectivity index (χ2n) is 7.31. The van der Waals surface area contributed by atoms with Gasteiger partial charge in [0.15, 0.2) is 0 Å². The van der Waals surface area contributed by atoms with E-state index in [1.807, 2.05) is 26.8 Å². The molecule has 6 nitrogen and oxygen atoms in total. The zero-order valence-electron chi connectivity index (χ0n) is 15.3. The Morgan fingerprint density at radius 1 is 1.22 bits per heavy atom. The van der Waals surface area contributed by atoms with E-state index in [0.29, 0.717) is 16.5 Å². The first-order chi connectivity index (χ1) is 12.7. The molecule has 0 saturated heterocycles. The Morgan fingerprint density at radius 2 is 1.93 bits per heavy atom. The Labute approximate surface area is 156 Å². The molecular formula is C21H19N3O3. The van der Waals surface area contributed by atoms with Gasteiger partial charge in [-0.1, -0.05) is 32.9 Å². The SMILES string of the molecule is CC(C)(C)c1cc(C#N)c(NC(=O)c2c[nH]c3ccccc3c2=O)cc1O. The number of fused-ring (bicyclic) bond motifs is 1. The monoisotopic (exact) mass is 361 g/mol. The average molecular weight is 361 g/mol. The molecular weight excluding hydrogens is 342 g/mol. The van der Waals surface area contributed by atoms with Crippen molar-refractivity contribution in [2.45, 2.75) is 26.2 Å². The molecule has 3 rings (SSSR count). The first-order valence-electron chi connectivity index (χ1n) is 8.41. The van der Waals surface area contributed by atoms with Crippen LogP contribution >= 0.6 is 0 Å². The molecule has 3 N–H and O–H groups in total. The number of hydrogen-bond acceptors (Lipinski definition) is 4. The predicted molar refractivity (Wildman–Crippen MR) is 104 cm³/mol. The number of phenolic OH excluding ortho intramolecular Hbond substituents is 1. The van der Waals surface area contributed by atoms with Gasteiger partial charge in [-0.05, 0) is 23.6 Å². The first kappa shape index (κ1) is 18.2. The minimum absolute atomic E-state index is 0.0239. The normalized spacial score (nSPS) is 11.2. The fourth-order valence-corrected chi connectivity index (χ4v) is 2.91. The number of carbonyl (C=O) groups is 1. The summed E-state index contributed by atoms with van der Waals surface area (Å²) in [5.74, 6) is -0.675. The van der Waals surface area contributed by atoms with Gasteiger partial charge < -0.3 is 15.4 Å². The van der Waals surface area contributed by atoms with Crippen LogP contribution in [0.4, 0.5) is 5.69 Å². The second-order valence-corrected chi connectivity index (χ2v) is 7.31. The van der Waals surface area contributed by atoms with Crippen molar-refractivity contribution in [2.24, 2.45) is 0 Å². The Morgan fingerprint density at radius 3 is 2.59 bits per heavy atom. The number of aromatic hydroxyl groups is 1. The van der Waals surface area contributed by atoms with Crippen molar-refractivity contribution in [1.29, 1.82) is 5.26 Å². The molecule has 0 bridgehead atoms. The summed E-state index contributed by atoms with van der Waals surface area (Å²) in [7, 11) is 0. The molecule has 0 fully saturated rings. The fraction of sp³-hybridized carbons (Fsp3) is 0.190. The number of anilines is 1. The van der Waals surface area contributed by atoms with Gasteiger partial charge in [0.05, 0.1) is 11.3 Å². The lowest BCUT2D eigenvalue weighted by Gasteiger charge is -2.21. The molecule has 0 radical (unpaired) electrons. The van der Waals surface area contributed by atoms with Crippen molar-refractivity contribution >= 4 is 22.5 Å². The van der Waals surface area contributed by atoms with Crippen LogP contribution in [0.2, 0.25) is 0 Å². The van der Waals surface area contributed by atoms with Gasteiger partial charge >= 0.3 is 0 Å². The van der Waals surface area contributed by atoms with Crippen LogP contribution in [-0.4, -0.2) is 16.0 Å². The van der Waals surface area contributed by atoms with Crippen LogP contribution in [0.5, 0.6) is 5.75 Å². The highest BCUT2D eigenvalue weighted by atomic mass is 16.3. The first-order valence-corrected chi connectivity index (χ1v) is 8.41. The number of amides is 1. The van der Waals surface area contributed by atoms with E-state index in [1.165, 1.54) is 12.3 Å². The van der Waals surface area contributed by atoms with E-state index >= 15 is 0 Å². The maximum absolute atomic E-state index is 12.6. The van der Waals surface area contributed by atoms with Crippen LogP contribution in [0, 0.1) is 11.3 Å². The highest BCUT2D eigenvalue weighted by Crippen LogP contribution is 2.34. The van der Waals surface area contributed by atoms with E-state index in [0.717, 1.165) is 0 Å². The number of aromatic nitrogens is 1. The smallest absolute Gasteiger partial charge is 0.261 e. The predicted octanol–water partition coefficient (Wildman–Crippen LogP) is 3.66. The zero-order chi connectivity index (χ0) is 19.8. The number of H-pyrrole nitrogens is 1. The lowest BCUT2D eigenvalue weighted by atomic mass is 9.85. The van der Waals surface area contributed by atoms with E-state index in [2.05, 4.69) is 10.3 Å². The van der Waals surface area contributed by atoms with Crippen LogP contribution in [0.1, 0.15) is 42.3 Å². The summed E-state index contributed by atoms with van der Waals surface area (Å²) in [6, 6.07) is 11.8. The van der Waals surface area contributed by atoms with Crippen LogP contribution in [0.15, 0.2) is 47.4 Å². The molecule has 1 aromatic heterocycles. The number of rotatable bonds is 2. The number of phenols is 1. The number of carbonyl (C=O) groups excluding carboxylic acids is 1.